The fraction of sp³-hybridized carbons (Fsp3) is 0.200. The van der Waals surface area contributed by atoms with Gasteiger partial charge in [-0.15, -0.1) is 0 Å². The van der Waals surface area contributed by atoms with E-state index < -0.39 is 29.2 Å². The van der Waals surface area contributed by atoms with Crippen molar-refractivity contribution < 1.29 is 14.3 Å². The van der Waals surface area contributed by atoms with Crippen LogP contribution in [0.15, 0.2) is 76.3 Å². The van der Waals surface area contributed by atoms with Crippen molar-refractivity contribution in [3.05, 3.63) is 87.6 Å². The van der Waals surface area contributed by atoms with Crippen molar-refractivity contribution in [2.45, 2.75) is 33.0 Å². The first-order valence-electron chi connectivity index (χ1n) is 10.9. The fourth-order valence-electron chi connectivity index (χ4n) is 3.72. The lowest BCUT2D eigenvalue weighted by atomic mass is 10.1. The predicted molar refractivity (Wildman–Crippen MR) is 128 cm³/mol. The zero-order chi connectivity index (χ0) is 24.2. The minimum Gasteiger partial charge on any atom is -0.481 e. The van der Waals surface area contributed by atoms with Crippen molar-refractivity contribution in [3.63, 3.8) is 0 Å². The van der Waals surface area contributed by atoms with Gasteiger partial charge >= 0.3 is 5.69 Å². The third-order valence-corrected chi connectivity index (χ3v) is 5.48. The van der Waals surface area contributed by atoms with E-state index in [1.54, 1.807) is 44.2 Å². The molecule has 2 amide bonds. The number of hydrogen-bond acceptors (Lipinski definition) is 5. The fourth-order valence-corrected chi connectivity index (χ4v) is 3.72. The van der Waals surface area contributed by atoms with Crippen molar-refractivity contribution in [2.24, 2.45) is 0 Å². The second-order valence-electron chi connectivity index (χ2n) is 7.74. The molecule has 0 fully saturated rings. The number of fused-ring (bicyclic) bond motifs is 2. The highest BCUT2D eigenvalue weighted by Gasteiger charge is 2.18. The molecular weight excluding hydrogens is 436 g/mol. The summed E-state index contributed by atoms with van der Waals surface area (Å²) < 4.78 is 7.97. The molecule has 0 radical (unpaired) electrons. The molecule has 0 saturated carbocycles. The molecule has 0 aliphatic heterocycles. The molecule has 34 heavy (non-hydrogen) atoms. The number of nitrogens with zero attached hydrogens (tertiary/aromatic N) is 2. The molecule has 0 aliphatic carbocycles. The van der Waals surface area contributed by atoms with Crippen LogP contribution in [-0.4, -0.2) is 27.1 Å². The van der Waals surface area contributed by atoms with E-state index in [1.165, 1.54) is 4.57 Å². The molecule has 1 atom stereocenters. The number of para-hydroxylation sites is 1. The number of ether oxygens (including phenoxy) is 1. The zero-order valence-electron chi connectivity index (χ0n) is 18.8. The molecule has 174 valence electrons. The van der Waals surface area contributed by atoms with E-state index in [4.69, 9.17) is 4.74 Å². The second kappa shape index (κ2) is 9.62. The Hall–Kier alpha value is -4.40. The number of aromatic nitrogens is 2. The number of rotatable bonds is 6. The maximum absolute atomic E-state index is 12.8. The minimum atomic E-state index is -0.882. The number of nitrogens with one attached hydrogen (secondary N) is 2. The lowest BCUT2D eigenvalue weighted by molar-refractivity contribution is -0.132. The Morgan fingerprint density at radius 1 is 0.912 bits per heavy atom. The van der Waals surface area contributed by atoms with Crippen molar-refractivity contribution in [1.29, 1.82) is 0 Å². The quantitative estimate of drug-likeness (QED) is 0.427. The standard InChI is InChI=1S/C25H24N4O5/c1-3-28-24(32)20-10-6-7-11-21(20)29(25(28)33)15-22(30)26-27-23(31)16(2)34-19-13-12-17-8-4-5-9-18(17)14-19/h4-14,16H,3,15H2,1-2H3,(H,26,30)(H,27,31). The van der Waals surface area contributed by atoms with Crippen molar-refractivity contribution >= 4 is 33.5 Å². The van der Waals surface area contributed by atoms with Crippen LogP contribution in [0.25, 0.3) is 21.7 Å². The van der Waals surface area contributed by atoms with E-state index >= 15 is 0 Å². The highest BCUT2D eigenvalue weighted by atomic mass is 16.5. The summed E-state index contributed by atoms with van der Waals surface area (Å²) in [6, 6.07) is 19.8. The van der Waals surface area contributed by atoms with Gasteiger partial charge < -0.3 is 4.74 Å². The summed E-state index contributed by atoms with van der Waals surface area (Å²) >= 11 is 0. The molecule has 9 nitrogen and oxygen atoms in total. The molecule has 1 unspecified atom stereocenters. The van der Waals surface area contributed by atoms with Gasteiger partial charge in [-0.3, -0.25) is 34.4 Å². The molecule has 9 heteroatoms. The van der Waals surface area contributed by atoms with Crippen molar-refractivity contribution in [3.8, 4) is 5.75 Å². The van der Waals surface area contributed by atoms with E-state index in [9.17, 15) is 19.2 Å². The summed E-state index contributed by atoms with van der Waals surface area (Å²) in [6.45, 7) is 3.04. The third kappa shape index (κ3) is 4.54. The highest BCUT2D eigenvalue weighted by Crippen LogP contribution is 2.21. The molecule has 0 bridgehead atoms. The summed E-state index contributed by atoms with van der Waals surface area (Å²) in [5, 5.41) is 2.36. The van der Waals surface area contributed by atoms with Crippen LogP contribution >= 0.6 is 0 Å². The zero-order valence-corrected chi connectivity index (χ0v) is 18.8. The Kier molecular flexibility index (Phi) is 6.44. The van der Waals surface area contributed by atoms with Gasteiger partial charge in [-0.05, 0) is 48.9 Å². The maximum Gasteiger partial charge on any atom is 0.331 e. The summed E-state index contributed by atoms with van der Waals surface area (Å²) in [6.07, 6.45) is -0.882. The van der Waals surface area contributed by atoms with Gasteiger partial charge in [0.25, 0.3) is 17.4 Å². The number of amides is 2. The van der Waals surface area contributed by atoms with Gasteiger partial charge in [0.15, 0.2) is 6.10 Å². The first kappa shape index (κ1) is 22.8. The molecular formula is C25H24N4O5. The second-order valence-corrected chi connectivity index (χ2v) is 7.74. The Morgan fingerprint density at radius 2 is 1.62 bits per heavy atom. The van der Waals surface area contributed by atoms with E-state index in [1.807, 2.05) is 36.4 Å². The first-order chi connectivity index (χ1) is 16.4. The first-order valence-corrected chi connectivity index (χ1v) is 10.9. The van der Waals surface area contributed by atoms with Gasteiger partial charge in [-0.25, -0.2) is 4.79 Å². The van der Waals surface area contributed by atoms with E-state index in [0.717, 1.165) is 15.3 Å². The molecule has 4 rings (SSSR count). The van der Waals surface area contributed by atoms with Crippen LogP contribution in [0.5, 0.6) is 5.75 Å². The monoisotopic (exact) mass is 460 g/mol. The normalized spacial score (nSPS) is 11.8. The Balaban J connectivity index is 1.42. The Labute approximate surface area is 194 Å². The molecule has 3 aromatic carbocycles. The van der Waals surface area contributed by atoms with Crippen molar-refractivity contribution in [1.82, 2.24) is 20.0 Å². The largest absolute Gasteiger partial charge is 0.481 e. The average molecular weight is 460 g/mol. The van der Waals surface area contributed by atoms with Gasteiger partial charge in [0.05, 0.1) is 10.9 Å². The van der Waals surface area contributed by atoms with E-state index in [2.05, 4.69) is 10.9 Å². The van der Waals surface area contributed by atoms with Crippen LogP contribution in [0.2, 0.25) is 0 Å². The lowest BCUT2D eigenvalue weighted by Crippen LogP contribution is -2.49. The summed E-state index contributed by atoms with van der Waals surface area (Å²) in [7, 11) is 0. The molecule has 4 aromatic rings. The molecule has 0 saturated heterocycles. The van der Waals surface area contributed by atoms with E-state index in [-0.39, 0.29) is 13.1 Å². The Bertz CT molecular complexity index is 1500. The molecule has 0 aliphatic rings. The number of hydrogen-bond donors (Lipinski definition) is 2. The van der Waals surface area contributed by atoms with Gasteiger partial charge in [-0.1, -0.05) is 42.5 Å². The molecule has 2 N–H and O–H groups in total. The van der Waals surface area contributed by atoms with Gasteiger partial charge in [0.2, 0.25) is 0 Å². The third-order valence-electron chi connectivity index (χ3n) is 5.48. The predicted octanol–water partition coefficient (Wildman–Crippen LogP) is 1.95. The molecule has 1 heterocycles. The number of benzene rings is 3. The van der Waals surface area contributed by atoms with Gasteiger partial charge in [-0.2, -0.15) is 0 Å². The molecule has 0 spiro atoms. The van der Waals surface area contributed by atoms with Crippen LogP contribution in [-0.2, 0) is 22.7 Å². The van der Waals surface area contributed by atoms with Crippen LogP contribution < -0.4 is 26.8 Å². The summed E-state index contributed by atoms with van der Waals surface area (Å²) in [5.41, 5.74) is 3.96. The van der Waals surface area contributed by atoms with Crippen LogP contribution in [0.1, 0.15) is 13.8 Å². The summed E-state index contributed by atoms with van der Waals surface area (Å²) in [4.78, 5) is 50.2. The smallest absolute Gasteiger partial charge is 0.331 e. The van der Waals surface area contributed by atoms with E-state index in [0.29, 0.717) is 16.7 Å². The van der Waals surface area contributed by atoms with Crippen LogP contribution in [0, 0.1) is 0 Å². The topological polar surface area (TPSA) is 111 Å². The van der Waals surface area contributed by atoms with Gasteiger partial charge in [0, 0.05) is 6.54 Å². The van der Waals surface area contributed by atoms with Crippen molar-refractivity contribution in [2.75, 3.05) is 0 Å². The molecule has 1 aromatic heterocycles. The number of carbonyl (C=O) groups excluding carboxylic acids is 2. The number of carbonyl (C=O) groups is 2. The van der Waals surface area contributed by atoms with Crippen LogP contribution in [0.3, 0.4) is 0 Å². The maximum atomic E-state index is 12.8. The average Bonchev–Trinajstić information content (AvgIpc) is 2.85. The Morgan fingerprint density at radius 3 is 2.38 bits per heavy atom. The summed E-state index contributed by atoms with van der Waals surface area (Å²) in [5.74, 6) is -0.662. The minimum absolute atomic E-state index is 0.171. The SMILES string of the molecule is CCn1c(=O)c2ccccc2n(CC(=O)NNC(=O)C(C)Oc2ccc3ccccc3c2)c1=O. The van der Waals surface area contributed by atoms with Gasteiger partial charge in [0.1, 0.15) is 12.3 Å². The number of hydrazine groups is 1. The highest BCUT2D eigenvalue weighted by molar-refractivity contribution is 5.86. The van der Waals surface area contributed by atoms with Crippen LogP contribution in [0.4, 0.5) is 0 Å². The lowest BCUT2D eigenvalue weighted by Gasteiger charge is -2.16.